The van der Waals surface area contributed by atoms with Crippen molar-refractivity contribution in [3.05, 3.63) is 43.7 Å². The maximum Gasteiger partial charge on any atom is 0.227 e. The summed E-state index contributed by atoms with van der Waals surface area (Å²) >= 11 is 11.6. The van der Waals surface area contributed by atoms with Crippen LogP contribution in [0.3, 0.4) is 0 Å². The maximum atomic E-state index is 6.08. The van der Waals surface area contributed by atoms with E-state index in [1.165, 1.54) is 0 Å². The predicted octanol–water partition coefficient (Wildman–Crippen LogP) is 4.24. The predicted molar refractivity (Wildman–Crippen MR) is 77.2 cm³/mol. The summed E-state index contributed by atoms with van der Waals surface area (Å²) in [6.45, 7) is 0. The van der Waals surface area contributed by atoms with Crippen molar-refractivity contribution in [3.63, 3.8) is 0 Å². The minimum absolute atomic E-state index is 0.520. The standard InChI is InChI=1S/C10H6BrClIN3/c11-6-4-14-10(15-5-6)16-9-2-1-7(13)3-8(9)12/h1-5H,(H,14,15,16). The third kappa shape index (κ3) is 3.05. The van der Waals surface area contributed by atoms with E-state index in [-0.39, 0.29) is 0 Å². The quantitative estimate of drug-likeness (QED) is 0.753. The zero-order valence-corrected chi connectivity index (χ0v) is 12.4. The molecule has 0 saturated carbocycles. The molecule has 0 radical (unpaired) electrons. The molecule has 6 heteroatoms. The fourth-order valence-electron chi connectivity index (χ4n) is 1.09. The molecule has 0 amide bonds. The molecule has 0 unspecified atom stereocenters. The number of rotatable bonds is 2. The first-order chi connectivity index (χ1) is 7.65. The van der Waals surface area contributed by atoms with Gasteiger partial charge < -0.3 is 5.32 Å². The minimum atomic E-state index is 0.520. The number of anilines is 2. The van der Waals surface area contributed by atoms with Crippen molar-refractivity contribution in [2.75, 3.05) is 5.32 Å². The highest BCUT2D eigenvalue weighted by Crippen LogP contribution is 2.25. The van der Waals surface area contributed by atoms with Gasteiger partial charge in [-0.05, 0) is 56.7 Å². The van der Waals surface area contributed by atoms with E-state index in [0.29, 0.717) is 11.0 Å². The molecule has 1 aromatic carbocycles. The molecule has 0 fully saturated rings. The SMILES string of the molecule is Clc1cc(I)ccc1Nc1ncc(Br)cn1. The van der Waals surface area contributed by atoms with E-state index in [1.54, 1.807) is 12.4 Å². The van der Waals surface area contributed by atoms with Gasteiger partial charge in [0.05, 0.1) is 15.2 Å². The molecule has 2 rings (SSSR count). The number of aromatic nitrogens is 2. The molecule has 1 aromatic heterocycles. The summed E-state index contributed by atoms with van der Waals surface area (Å²) in [6, 6.07) is 5.74. The third-order valence-corrected chi connectivity index (χ3v) is 3.19. The van der Waals surface area contributed by atoms with Crippen molar-refractivity contribution in [2.24, 2.45) is 0 Å². The molecule has 0 aliphatic heterocycles. The number of benzene rings is 1. The van der Waals surface area contributed by atoms with Crippen LogP contribution in [0.15, 0.2) is 35.1 Å². The van der Waals surface area contributed by atoms with E-state index in [4.69, 9.17) is 11.6 Å². The normalized spacial score (nSPS) is 10.2. The van der Waals surface area contributed by atoms with Gasteiger partial charge in [0, 0.05) is 16.0 Å². The van der Waals surface area contributed by atoms with Crippen molar-refractivity contribution in [1.82, 2.24) is 9.97 Å². The van der Waals surface area contributed by atoms with E-state index in [1.807, 2.05) is 18.2 Å². The zero-order valence-electron chi connectivity index (χ0n) is 7.92. The average molecular weight is 410 g/mol. The van der Waals surface area contributed by atoms with Gasteiger partial charge in [0.2, 0.25) is 5.95 Å². The maximum absolute atomic E-state index is 6.08. The van der Waals surface area contributed by atoms with Gasteiger partial charge in [-0.25, -0.2) is 9.97 Å². The monoisotopic (exact) mass is 409 g/mol. The second-order valence-electron chi connectivity index (χ2n) is 2.97. The van der Waals surface area contributed by atoms with Gasteiger partial charge in [-0.1, -0.05) is 11.6 Å². The van der Waals surface area contributed by atoms with Crippen molar-refractivity contribution in [1.29, 1.82) is 0 Å². The lowest BCUT2D eigenvalue weighted by Crippen LogP contribution is -1.96. The molecule has 3 nitrogen and oxygen atoms in total. The summed E-state index contributed by atoms with van der Waals surface area (Å²) in [6.07, 6.45) is 3.35. The van der Waals surface area contributed by atoms with Crippen LogP contribution in [0.5, 0.6) is 0 Å². The van der Waals surface area contributed by atoms with Crippen molar-refractivity contribution >= 4 is 61.8 Å². The van der Waals surface area contributed by atoms with Crippen molar-refractivity contribution in [3.8, 4) is 0 Å². The van der Waals surface area contributed by atoms with Crippen LogP contribution in [0.4, 0.5) is 11.6 Å². The Hall–Kier alpha value is -0.400. The van der Waals surface area contributed by atoms with Crippen molar-refractivity contribution < 1.29 is 0 Å². The van der Waals surface area contributed by atoms with Crippen LogP contribution in [0.1, 0.15) is 0 Å². The van der Waals surface area contributed by atoms with E-state index < -0.39 is 0 Å². The van der Waals surface area contributed by atoms with Gasteiger partial charge in [0.15, 0.2) is 0 Å². The summed E-state index contributed by atoms with van der Waals surface area (Å²) in [5.41, 5.74) is 0.796. The van der Waals surface area contributed by atoms with Gasteiger partial charge in [-0.2, -0.15) is 0 Å². The lowest BCUT2D eigenvalue weighted by atomic mass is 10.3. The van der Waals surface area contributed by atoms with Crippen LogP contribution in [-0.4, -0.2) is 9.97 Å². The molecule has 0 bridgehead atoms. The van der Waals surface area contributed by atoms with E-state index in [2.05, 4.69) is 53.8 Å². The second kappa shape index (κ2) is 5.29. The Bertz CT molecular complexity index is 504. The Morgan fingerprint density at radius 1 is 1.25 bits per heavy atom. The Labute approximate surface area is 120 Å². The van der Waals surface area contributed by atoms with Gasteiger partial charge in [-0.15, -0.1) is 0 Å². The average Bonchev–Trinajstić information content (AvgIpc) is 2.25. The van der Waals surface area contributed by atoms with Gasteiger partial charge >= 0.3 is 0 Å². The molecular weight excluding hydrogens is 404 g/mol. The third-order valence-electron chi connectivity index (χ3n) is 1.80. The van der Waals surface area contributed by atoms with Crippen LogP contribution in [0.25, 0.3) is 0 Å². The topological polar surface area (TPSA) is 37.8 Å². The first-order valence-electron chi connectivity index (χ1n) is 4.35. The van der Waals surface area contributed by atoms with Gasteiger partial charge in [0.25, 0.3) is 0 Å². The number of halogens is 3. The van der Waals surface area contributed by atoms with Gasteiger partial charge in [-0.3, -0.25) is 0 Å². The van der Waals surface area contributed by atoms with Crippen LogP contribution < -0.4 is 5.32 Å². The van der Waals surface area contributed by atoms with E-state index in [0.717, 1.165) is 13.7 Å². The lowest BCUT2D eigenvalue weighted by molar-refractivity contribution is 1.15. The minimum Gasteiger partial charge on any atom is -0.323 e. The molecule has 0 spiro atoms. The van der Waals surface area contributed by atoms with Gasteiger partial charge in [0.1, 0.15) is 0 Å². The second-order valence-corrected chi connectivity index (χ2v) is 5.54. The largest absolute Gasteiger partial charge is 0.323 e. The summed E-state index contributed by atoms with van der Waals surface area (Å²) in [5.74, 6) is 0.520. The highest BCUT2D eigenvalue weighted by atomic mass is 127. The molecule has 1 heterocycles. The van der Waals surface area contributed by atoms with Crippen LogP contribution >= 0.6 is 50.1 Å². The lowest BCUT2D eigenvalue weighted by Gasteiger charge is -2.06. The first-order valence-corrected chi connectivity index (χ1v) is 6.60. The Balaban J connectivity index is 2.23. The first kappa shape index (κ1) is 12.1. The molecule has 0 saturated heterocycles. The number of hydrogen-bond donors (Lipinski definition) is 1. The summed E-state index contributed by atoms with van der Waals surface area (Å²) in [5, 5.41) is 3.70. The fourth-order valence-corrected chi connectivity index (χ4v) is 2.20. The Kier molecular flexibility index (Phi) is 3.99. The highest BCUT2D eigenvalue weighted by Gasteiger charge is 2.02. The van der Waals surface area contributed by atoms with Crippen LogP contribution in [-0.2, 0) is 0 Å². The number of hydrogen-bond acceptors (Lipinski definition) is 3. The molecule has 82 valence electrons. The Morgan fingerprint density at radius 2 is 1.94 bits per heavy atom. The van der Waals surface area contributed by atoms with E-state index >= 15 is 0 Å². The molecular formula is C10H6BrClIN3. The van der Waals surface area contributed by atoms with Crippen LogP contribution in [0, 0.1) is 3.57 Å². The molecule has 1 N–H and O–H groups in total. The molecule has 0 aliphatic carbocycles. The zero-order chi connectivity index (χ0) is 11.5. The molecule has 0 aliphatic rings. The molecule has 0 atom stereocenters. The van der Waals surface area contributed by atoms with Crippen LogP contribution in [0.2, 0.25) is 5.02 Å². The molecule has 16 heavy (non-hydrogen) atoms. The smallest absolute Gasteiger partial charge is 0.227 e. The fraction of sp³-hybridized carbons (Fsp3) is 0. The number of nitrogens with zero attached hydrogens (tertiary/aromatic N) is 2. The van der Waals surface area contributed by atoms with E-state index in [9.17, 15) is 0 Å². The molecule has 2 aromatic rings. The highest BCUT2D eigenvalue weighted by molar-refractivity contribution is 14.1. The summed E-state index contributed by atoms with van der Waals surface area (Å²) in [7, 11) is 0. The Morgan fingerprint density at radius 3 is 2.56 bits per heavy atom. The number of nitrogens with one attached hydrogen (secondary N) is 1. The summed E-state index contributed by atoms with van der Waals surface area (Å²) in [4.78, 5) is 8.21. The van der Waals surface area contributed by atoms with Crippen molar-refractivity contribution in [2.45, 2.75) is 0 Å². The summed E-state index contributed by atoms with van der Waals surface area (Å²) < 4.78 is 1.93.